The molecule has 2 saturated heterocycles. The molecule has 0 aromatic rings. The van der Waals surface area contributed by atoms with Crippen LogP contribution in [0, 0.1) is 0 Å². The average molecular weight is 275 g/mol. The quantitative estimate of drug-likeness (QED) is 0.785. The van der Waals surface area contributed by atoms with Gasteiger partial charge in [-0.15, -0.1) is 0 Å². The third kappa shape index (κ3) is 3.39. The molecule has 0 amide bonds. The van der Waals surface area contributed by atoms with E-state index in [0.717, 1.165) is 39.1 Å². The summed E-state index contributed by atoms with van der Waals surface area (Å²) in [6, 6.07) is 0.809. The van der Waals surface area contributed by atoms with E-state index in [4.69, 9.17) is 9.47 Å². The SMILES string of the molecule is CSC(CO)C(C)NC1CCOC2(CCOC2)C1. The summed E-state index contributed by atoms with van der Waals surface area (Å²) >= 11 is 1.72. The number of hydrogen-bond acceptors (Lipinski definition) is 5. The Morgan fingerprint density at radius 2 is 2.33 bits per heavy atom. The van der Waals surface area contributed by atoms with Crippen LogP contribution in [0.1, 0.15) is 26.2 Å². The highest BCUT2D eigenvalue weighted by Gasteiger charge is 2.41. The van der Waals surface area contributed by atoms with Crippen molar-refractivity contribution in [2.75, 3.05) is 32.7 Å². The van der Waals surface area contributed by atoms with Gasteiger partial charge in [0.2, 0.25) is 0 Å². The van der Waals surface area contributed by atoms with Crippen molar-refractivity contribution >= 4 is 11.8 Å². The maximum Gasteiger partial charge on any atom is 0.0951 e. The van der Waals surface area contributed by atoms with Gasteiger partial charge in [0.05, 0.1) is 18.8 Å². The molecule has 0 radical (unpaired) electrons. The normalized spacial score (nSPS) is 35.8. The van der Waals surface area contributed by atoms with Crippen molar-refractivity contribution in [2.45, 2.75) is 49.1 Å². The van der Waals surface area contributed by atoms with Gasteiger partial charge in [0, 0.05) is 37.0 Å². The van der Waals surface area contributed by atoms with E-state index < -0.39 is 0 Å². The highest BCUT2D eigenvalue weighted by Crippen LogP contribution is 2.33. The van der Waals surface area contributed by atoms with Gasteiger partial charge in [-0.05, 0) is 26.0 Å². The monoisotopic (exact) mass is 275 g/mol. The number of hydrogen-bond donors (Lipinski definition) is 2. The van der Waals surface area contributed by atoms with E-state index in [0.29, 0.717) is 12.1 Å². The van der Waals surface area contributed by atoms with Crippen LogP contribution in [-0.4, -0.2) is 60.7 Å². The van der Waals surface area contributed by atoms with E-state index in [2.05, 4.69) is 18.5 Å². The third-order valence-electron chi connectivity index (χ3n) is 4.10. The average Bonchev–Trinajstić information content (AvgIpc) is 2.79. The standard InChI is InChI=1S/C13H25NO3S/c1-10(12(8-15)18-2)14-11-3-5-17-13(7-11)4-6-16-9-13/h10-12,14-15H,3-9H2,1-2H3. The van der Waals surface area contributed by atoms with E-state index in [1.807, 2.05) is 0 Å². The molecule has 4 unspecified atom stereocenters. The first kappa shape index (κ1) is 14.6. The molecule has 2 aliphatic heterocycles. The molecule has 2 N–H and O–H groups in total. The lowest BCUT2D eigenvalue weighted by molar-refractivity contribution is -0.0902. The van der Waals surface area contributed by atoms with Crippen LogP contribution in [-0.2, 0) is 9.47 Å². The van der Waals surface area contributed by atoms with Crippen LogP contribution in [0.5, 0.6) is 0 Å². The molecular formula is C13H25NO3S. The van der Waals surface area contributed by atoms with Gasteiger partial charge in [-0.2, -0.15) is 11.8 Å². The fourth-order valence-electron chi connectivity index (χ4n) is 2.95. The van der Waals surface area contributed by atoms with Gasteiger partial charge in [-0.25, -0.2) is 0 Å². The molecule has 106 valence electrons. The molecular weight excluding hydrogens is 250 g/mol. The zero-order valence-corrected chi connectivity index (χ0v) is 12.2. The highest BCUT2D eigenvalue weighted by atomic mass is 32.2. The maximum atomic E-state index is 9.33. The first-order valence-corrected chi connectivity index (χ1v) is 8.09. The second-order valence-corrected chi connectivity index (χ2v) is 6.51. The fraction of sp³-hybridized carbons (Fsp3) is 1.00. The third-order valence-corrected chi connectivity index (χ3v) is 5.26. The lowest BCUT2D eigenvalue weighted by atomic mass is 9.89. The predicted molar refractivity (Wildman–Crippen MR) is 74.1 cm³/mol. The molecule has 18 heavy (non-hydrogen) atoms. The van der Waals surface area contributed by atoms with E-state index in [1.165, 1.54) is 0 Å². The van der Waals surface area contributed by atoms with Gasteiger partial charge in [0.15, 0.2) is 0 Å². The van der Waals surface area contributed by atoms with E-state index >= 15 is 0 Å². The second kappa shape index (κ2) is 6.57. The predicted octanol–water partition coefficient (Wildman–Crippen LogP) is 1.03. The van der Waals surface area contributed by atoms with Gasteiger partial charge in [-0.3, -0.25) is 0 Å². The Hall–Kier alpha value is 0.190. The fourth-order valence-corrected chi connectivity index (χ4v) is 3.59. The van der Waals surface area contributed by atoms with Gasteiger partial charge in [0.1, 0.15) is 0 Å². The highest BCUT2D eigenvalue weighted by molar-refractivity contribution is 7.99. The summed E-state index contributed by atoms with van der Waals surface area (Å²) in [5.74, 6) is 0. The molecule has 4 atom stereocenters. The molecule has 0 aromatic heterocycles. The smallest absolute Gasteiger partial charge is 0.0951 e. The van der Waals surface area contributed by atoms with Crippen molar-refractivity contribution in [1.29, 1.82) is 0 Å². The first-order valence-electron chi connectivity index (χ1n) is 6.80. The van der Waals surface area contributed by atoms with Gasteiger partial charge < -0.3 is 19.9 Å². The molecule has 2 fully saturated rings. The molecule has 5 heteroatoms. The van der Waals surface area contributed by atoms with Crippen LogP contribution < -0.4 is 5.32 Å². The van der Waals surface area contributed by atoms with Crippen LogP contribution in [0.4, 0.5) is 0 Å². The Morgan fingerprint density at radius 3 is 2.94 bits per heavy atom. The van der Waals surface area contributed by atoms with Crippen LogP contribution in [0.2, 0.25) is 0 Å². The molecule has 4 nitrogen and oxygen atoms in total. The lowest BCUT2D eigenvalue weighted by Crippen LogP contribution is -2.51. The van der Waals surface area contributed by atoms with E-state index in [9.17, 15) is 5.11 Å². The Labute approximate surface area is 114 Å². The molecule has 1 spiro atoms. The number of ether oxygens (including phenoxy) is 2. The maximum absolute atomic E-state index is 9.33. The van der Waals surface area contributed by atoms with Crippen molar-refractivity contribution in [1.82, 2.24) is 5.32 Å². The molecule has 0 saturated carbocycles. The lowest BCUT2D eigenvalue weighted by Gasteiger charge is -2.39. The topological polar surface area (TPSA) is 50.7 Å². The summed E-state index contributed by atoms with van der Waals surface area (Å²) in [6.07, 6.45) is 5.16. The molecule has 2 aliphatic rings. The van der Waals surface area contributed by atoms with E-state index in [1.54, 1.807) is 11.8 Å². The minimum absolute atomic E-state index is 0.0380. The van der Waals surface area contributed by atoms with Gasteiger partial charge in [0.25, 0.3) is 0 Å². The molecule has 0 aliphatic carbocycles. The summed E-state index contributed by atoms with van der Waals surface area (Å²) in [5.41, 5.74) is -0.0380. The number of rotatable bonds is 5. The minimum Gasteiger partial charge on any atom is -0.395 e. The Balaban J connectivity index is 1.85. The second-order valence-electron chi connectivity index (χ2n) is 5.44. The Kier molecular flexibility index (Phi) is 5.33. The number of nitrogens with one attached hydrogen (secondary N) is 1. The van der Waals surface area contributed by atoms with Crippen LogP contribution in [0.3, 0.4) is 0 Å². The first-order chi connectivity index (χ1) is 8.69. The zero-order valence-electron chi connectivity index (χ0n) is 11.4. The number of thioether (sulfide) groups is 1. The summed E-state index contributed by atoms with van der Waals surface area (Å²) < 4.78 is 11.4. The summed E-state index contributed by atoms with van der Waals surface area (Å²) in [7, 11) is 0. The summed E-state index contributed by atoms with van der Waals surface area (Å²) in [4.78, 5) is 0. The molecule has 0 bridgehead atoms. The summed E-state index contributed by atoms with van der Waals surface area (Å²) in [6.45, 7) is 4.77. The number of aliphatic hydroxyl groups is 1. The number of aliphatic hydroxyl groups excluding tert-OH is 1. The van der Waals surface area contributed by atoms with Crippen LogP contribution in [0.25, 0.3) is 0 Å². The van der Waals surface area contributed by atoms with Crippen molar-refractivity contribution in [3.05, 3.63) is 0 Å². The molecule has 0 aromatic carbocycles. The molecule has 2 heterocycles. The van der Waals surface area contributed by atoms with E-state index in [-0.39, 0.29) is 17.5 Å². The largest absolute Gasteiger partial charge is 0.395 e. The minimum atomic E-state index is -0.0380. The van der Waals surface area contributed by atoms with Crippen LogP contribution in [0.15, 0.2) is 0 Å². The van der Waals surface area contributed by atoms with Crippen molar-refractivity contribution in [3.8, 4) is 0 Å². The Bertz CT molecular complexity index is 255. The van der Waals surface area contributed by atoms with Gasteiger partial charge >= 0.3 is 0 Å². The van der Waals surface area contributed by atoms with Crippen molar-refractivity contribution < 1.29 is 14.6 Å². The van der Waals surface area contributed by atoms with Crippen LogP contribution >= 0.6 is 11.8 Å². The Morgan fingerprint density at radius 1 is 1.50 bits per heavy atom. The molecule has 2 rings (SSSR count). The zero-order chi connectivity index (χ0) is 13.0. The van der Waals surface area contributed by atoms with Crippen molar-refractivity contribution in [3.63, 3.8) is 0 Å². The summed E-state index contributed by atoms with van der Waals surface area (Å²) in [5, 5.41) is 13.2. The van der Waals surface area contributed by atoms with Gasteiger partial charge in [-0.1, -0.05) is 0 Å². The van der Waals surface area contributed by atoms with Crippen molar-refractivity contribution in [2.24, 2.45) is 0 Å².